The fraction of sp³-hybridized carbons (Fsp3) is 0.364. The number of halogens is 1. The Kier molecular flexibility index (Phi) is 8.52. The van der Waals surface area contributed by atoms with Gasteiger partial charge in [0.15, 0.2) is 6.61 Å². The highest BCUT2D eigenvalue weighted by Crippen LogP contribution is 2.28. The molecule has 0 atom stereocenters. The molecule has 0 bridgehead atoms. The van der Waals surface area contributed by atoms with Crippen molar-refractivity contribution in [2.45, 2.75) is 46.0 Å². The maximum atomic E-state index is 12.2. The van der Waals surface area contributed by atoms with Crippen LogP contribution in [0.4, 0.5) is 0 Å². The maximum Gasteiger partial charge on any atom is 0.277 e. The van der Waals surface area contributed by atoms with Gasteiger partial charge in [0.2, 0.25) is 0 Å². The summed E-state index contributed by atoms with van der Waals surface area (Å²) in [4.78, 5) is 12.2. The number of unbranched alkanes of at least 4 members (excludes halogenated alkanes) is 1. The molecule has 0 aliphatic carbocycles. The quantitative estimate of drug-likeness (QED) is 0.411. The third-order valence-electron chi connectivity index (χ3n) is 4.17. The highest BCUT2D eigenvalue weighted by molar-refractivity contribution is 9.10. The molecule has 0 radical (unpaired) electrons. The van der Waals surface area contributed by atoms with E-state index in [2.05, 4.69) is 47.2 Å². The van der Waals surface area contributed by atoms with Crippen LogP contribution >= 0.6 is 15.9 Å². The summed E-state index contributed by atoms with van der Waals surface area (Å²) in [5, 5.41) is 4.33. The van der Waals surface area contributed by atoms with Gasteiger partial charge in [-0.05, 0) is 57.9 Å². The summed E-state index contributed by atoms with van der Waals surface area (Å²) in [5.41, 5.74) is 5.74. The number of hydrogen-bond acceptors (Lipinski definition) is 3. The van der Waals surface area contributed by atoms with E-state index in [1.807, 2.05) is 48.5 Å². The number of hydrazone groups is 1. The van der Waals surface area contributed by atoms with Gasteiger partial charge in [0.1, 0.15) is 5.75 Å². The average molecular weight is 431 g/mol. The van der Waals surface area contributed by atoms with E-state index >= 15 is 0 Å². The van der Waals surface area contributed by atoms with Crippen LogP contribution in [0, 0.1) is 0 Å². The second kappa shape index (κ2) is 10.9. The van der Waals surface area contributed by atoms with E-state index in [-0.39, 0.29) is 12.5 Å². The van der Waals surface area contributed by atoms with Gasteiger partial charge in [-0.1, -0.05) is 63.6 Å². The molecule has 0 saturated carbocycles. The molecular weight excluding hydrogens is 404 g/mol. The minimum absolute atomic E-state index is 0.0844. The first-order valence-corrected chi connectivity index (χ1v) is 10.1. The van der Waals surface area contributed by atoms with Gasteiger partial charge in [-0.3, -0.25) is 4.79 Å². The zero-order valence-electron chi connectivity index (χ0n) is 16.2. The smallest absolute Gasteiger partial charge is 0.277 e. The summed E-state index contributed by atoms with van der Waals surface area (Å²) in [7, 11) is 0. The van der Waals surface area contributed by atoms with E-state index in [0.717, 1.165) is 35.0 Å². The van der Waals surface area contributed by atoms with Gasteiger partial charge in [0.05, 0.1) is 10.2 Å². The molecule has 1 N–H and O–H groups in total. The van der Waals surface area contributed by atoms with Crippen LogP contribution in [0.5, 0.6) is 5.75 Å². The summed E-state index contributed by atoms with van der Waals surface area (Å²) in [6.45, 7) is 6.32. The number of ether oxygens (including phenoxy) is 1. The van der Waals surface area contributed by atoms with Gasteiger partial charge in [-0.2, -0.15) is 5.10 Å². The van der Waals surface area contributed by atoms with Crippen molar-refractivity contribution in [2.75, 3.05) is 6.61 Å². The largest absolute Gasteiger partial charge is 0.483 e. The lowest BCUT2D eigenvalue weighted by molar-refractivity contribution is -0.123. The first-order valence-electron chi connectivity index (χ1n) is 9.34. The highest BCUT2D eigenvalue weighted by Gasteiger charge is 2.09. The summed E-state index contributed by atoms with van der Waals surface area (Å²) in [5.74, 6) is 0.806. The molecule has 2 rings (SSSR count). The predicted octanol–water partition coefficient (Wildman–Crippen LogP) is 5.66. The van der Waals surface area contributed by atoms with Crippen molar-refractivity contribution in [2.24, 2.45) is 5.10 Å². The summed E-state index contributed by atoms with van der Waals surface area (Å²) >= 11 is 3.50. The van der Waals surface area contributed by atoms with Crippen LogP contribution in [0.3, 0.4) is 0 Å². The monoisotopic (exact) mass is 430 g/mol. The summed E-state index contributed by atoms with van der Waals surface area (Å²) < 4.78 is 6.47. The van der Waals surface area contributed by atoms with Crippen molar-refractivity contribution in [3.05, 3.63) is 64.1 Å². The molecule has 4 nitrogen and oxygen atoms in total. The van der Waals surface area contributed by atoms with Gasteiger partial charge in [0.25, 0.3) is 5.91 Å². The number of nitrogens with one attached hydrogen (secondary N) is 1. The van der Waals surface area contributed by atoms with Gasteiger partial charge in [-0.15, -0.1) is 0 Å². The Bertz CT molecular complexity index is 773. The van der Waals surface area contributed by atoms with Gasteiger partial charge < -0.3 is 4.74 Å². The molecule has 0 heterocycles. The number of amides is 1. The first kappa shape index (κ1) is 21.2. The van der Waals surface area contributed by atoms with Crippen LogP contribution in [-0.2, 0) is 4.79 Å². The van der Waals surface area contributed by atoms with Gasteiger partial charge in [-0.25, -0.2) is 5.43 Å². The van der Waals surface area contributed by atoms with Crippen molar-refractivity contribution in [1.82, 2.24) is 5.43 Å². The van der Waals surface area contributed by atoms with Crippen LogP contribution in [0.2, 0.25) is 0 Å². The molecule has 27 heavy (non-hydrogen) atoms. The number of carbonyl (C=O) groups excluding carboxylic acids is 1. The van der Waals surface area contributed by atoms with E-state index < -0.39 is 0 Å². The van der Waals surface area contributed by atoms with Crippen molar-refractivity contribution >= 4 is 27.5 Å². The molecule has 0 unspecified atom stereocenters. The zero-order chi connectivity index (χ0) is 19.6. The molecule has 0 saturated heterocycles. The number of nitrogens with zero attached hydrogens (tertiary/aromatic N) is 1. The lowest BCUT2D eigenvalue weighted by atomic mass is 10.0. The third kappa shape index (κ3) is 6.83. The van der Waals surface area contributed by atoms with Gasteiger partial charge >= 0.3 is 0 Å². The fourth-order valence-corrected chi connectivity index (χ4v) is 3.05. The molecule has 0 aliphatic rings. The Labute approximate surface area is 170 Å². The van der Waals surface area contributed by atoms with Crippen LogP contribution in [0.25, 0.3) is 0 Å². The van der Waals surface area contributed by atoms with E-state index in [1.54, 1.807) is 0 Å². The minimum atomic E-state index is -0.278. The Morgan fingerprint density at radius 2 is 1.93 bits per heavy atom. The number of rotatable bonds is 9. The van der Waals surface area contributed by atoms with E-state index in [9.17, 15) is 4.79 Å². The first-order chi connectivity index (χ1) is 13.0. The lowest BCUT2D eigenvalue weighted by Crippen LogP contribution is -2.26. The summed E-state index contributed by atoms with van der Waals surface area (Å²) in [6.07, 6.45) is 2.92. The highest BCUT2D eigenvalue weighted by atomic mass is 79.9. The minimum Gasteiger partial charge on any atom is -0.483 e. The molecule has 0 spiro atoms. The molecule has 144 valence electrons. The molecule has 5 heteroatoms. The number of benzene rings is 2. The van der Waals surface area contributed by atoms with Crippen LogP contribution < -0.4 is 10.2 Å². The standard InChI is InChI=1S/C22H27BrN2O2/c1-4-5-11-20(17-9-7-6-8-10-17)24-25-22(26)15-27-21-13-12-18(16(2)3)14-19(21)23/h6-10,12-14,16H,4-5,11,15H2,1-3H3,(H,25,26). The molecule has 0 aliphatic heterocycles. The van der Waals surface area contributed by atoms with E-state index in [1.165, 1.54) is 5.56 Å². The SMILES string of the molecule is CCCCC(=NNC(=O)COc1ccc(C(C)C)cc1Br)c1ccccc1. The summed E-state index contributed by atoms with van der Waals surface area (Å²) in [6, 6.07) is 15.8. The van der Waals surface area contributed by atoms with Crippen LogP contribution in [0.1, 0.15) is 57.1 Å². The average Bonchev–Trinajstić information content (AvgIpc) is 2.67. The molecular formula is C22H27BrN2O2. The Hall–Kier alpha value is -2.14. The molecule has 1 amide bonds. The van der Waals surface area contributed by atoms with Crippen LogP contribution in [0.15, 0.2) is 58.1 Å². The fourth-order valence-electron chi connectivity index (χ4n) is 2.54. The zero-order valence-corrected chi connectivity index (χ0v) is 17.8. The second-order valence-corrected chi connectivity index (χ2v) is 7.55. The Morgan fingerprint density at radius 1 is 1.19 bits per heavy atom. The maximum absolute atomic E-state index is 12.2. The Balaban J connectivity index is 1.96. The van der Waals surface area contributed by atoms with Crippen molar-refractivity contribution in [1.29, 1.82) is 0 Å². The second-order valence-electron chi connectivity index (χ2n) is 6.70. The lowest BCUT2D eigenvalue weighted by Gasteiger charge is -2.11. The molecule has 2 aromatic carbocycles. The Morgan fingerprint density at radius 3 is 2.56 bits per heavy atom. The molecule has 0 fully saturated rings. The topological polar surface area (TPSA) is 50.7 Å². The van der Waals surface area contributed by atoms with Crippen molar-refractivity contribution < 1.29 is 9.53 Å². The van der Waals surface area contributed by atoms with Gasteiger partial charge in [0, 0.05) is 0 Å². The van der Waals surface area contributed by atoms with Crippen molar-refractivity contribution in [3.8, 4) is 5.75 Å². The molecule has 0 aromatic heterocycles. The number of carbonyl (C=O) groups is 1. The van der Waals surface area contributed by atoms with Crippen LogP contribution in [-0.4, -0.2) is 18.2 Å². The normalized spacial score (nSPS) is 11.5. The third-order valence-corrected chi connectivity index (χ3v) is 4.79. The predicted molar refractivity (Wildman–Crippen MR) is 114 cm³/mol. The number of hydrogen-bond donors (Lipinski definition) is 1. The van der Waals surface area contributed by atoms with Crippen molar-refractivity contribution in [3.63, 3.8) is 0 Å². The van der Waals surface area contributed by atoms with E-state index in [4.69, 9.17) is 4.74 Å². The molecule has 2 aromatic rings. The van der Waals surface area contributed by atoms with E-state index in [0.29, 0.717) is 11.7 Å².